The highest BCUT2D eigenvalue weighted by atomic mass is 32.2. The van der Waals surface area contributed by atoms with Gasteiger partial charge in [0.1, 0.15) is 6.17 Å². The van der Waals surface area contributed by atoms with Gasteiger partial charge in [0.15, 0.2) is 0 Å². The number of sulfonamides is 1. The molecule has 1 saturated heterocycles. The maximum Gasteiger partial charge on any atom is 0.329 e. The normalized spacial score (nSPS) is 21.2. The number of hydrogen-bond donors (Lipinski definition) is 2. The molecule has 0 saturated carbocycles. The second-order valence-electron chi connectivity index (χ2n) is 6.52. The summed E-state index contributed by atoms with van der Waals surface area (Å²) in [5.41, 5.74) is 0.0574. The van der Waals surface area contributed by atoms with Crippen LogP contribution in [-0.2, 0) is 10.0 Å². The van der Waals surface area contributed by atoms with Crippen molar-refractivity contribution in [2.75, 3.05) is 6.61 Å². The largest absolute Gasteiger partial charge is 0.395 e. The molecule has 3 rings (SSSR count). The molecule has 0 radical (unpaired) electrons. The third kappa shape index (κ3) is 3.13. The lowest BCUT2D eigenvalue weighted by Crippen LogP contribution is -2.44. The van der Waals surface area contributed by atoms with Crippen LogP contribution in [0.15, 0.2) is 44.9 Å². The molecule has 0 spiro atoms. The molecule has 1 aromatic heterocycles. The van der Waals surface area contributed by atoms with Crippen LogP contribution in [-0.4, -0.2) is 40.0 Å². The molecular weight excluding hydrogens is 358 g/mol. The number of aliphatic hydroxyl groups excluding tert-OH is 1. The van der Waals surface area contributed by atoms with E-state index in [1.165, 1.54) is 27.2 Å². The highest BCUT2D eigenvalue weighted by Gasteiger charge is 2.43. The maximum absolute atomic E-state index is 13.2. The number of nitrogens with zero attached hydrogens (tertiary/aromatic N) is 2. The van der Waals surface area contributed by atoms with E-state index in [1.807, 2.05) is 6.92 Å². The molecule has 0 aliphatic carbocycles. The monoisotopic (exact) mass is 379 g/mol. The van der Waals surface area contributed by atoms with Crippen molar-refractivity contribution in [3.05, 3.63) is 62.4 Å². The van der Waals surface area contributed by atoms with Gasteiger partial charge in [0, 0.05) is 11.8 Å². The Balaban J connectivity index is 2.12. The number of H-pyrrole nitrogens is 1. The highest BCUT2D eigenvalue weighted by molar-refractivity contribution is 7.89. The number of aryl methyl sites for hydroxylation is 2. The van der Waals surface area contributed by atoms with Gasteiger partial charge in [0.05, 0.1) is 17.5 Å². The smallest absolute Gasteiger partial charge is 0.329 e. The minimum absolute atomic E-state index is 0.0997. The molecule has 2 aromatic rings. The Bertz CT molecular complexity index is 1020. The van der Waals surface area contributed by atoms with Gasteiger partial charge in [-0.3, -0.25) is 14.3 Å². The van der Waals surface area contributed by atoms with E-state index in [0.717, 1.165) is 5.56 Å². The zero-order valence-corrected chi connectivity index (χ0v) is 15.4. The number of aromatic nitrogens is 2. The molecule has 1 aliphatic rings. The molecule has 2 heterocycles. The van der Waals surface area contributed by atoms with Gasteiger partial charge < -0.3 is 5.11 Å². The molecule has 9 heteroatoms. The molecule has 0 bridgehead atoms. The maximum atomic E-state index is 13.2. The van der Waals surface area contributed by atoms with Crippen molar-refractivity contribution < 1.29 is 13.5 Å². The molecule has 1 aliphatic heterocycles. The number of aliphatic hydroxyl groups is 1. The van der Waals surface area contributed by atoms with E-state index in [1.54, 1.807) is 19.1 Å². The molecule has 8 nitrogen and oxygen atoms in total. The third-order valence-electron chi connectivity index (χ3n) is 4.69. The van der Waals surface area contributed by atoms with Crippen molar-refractivity contribution in [2.45, 2.75) is 43.8 Å². The fourth-order valence-corrected chi connectivity index (χ4v) is 5.08. The fraction of sp³-hybridized carbons (Fsp3) is 0.412. The Morgan fingerprint density at radius 1 is 1.15 bits per heavy atom. The first-order valence-electron chi connectivity index (χ1n) is 8.29. The zero-order chi connectivity index (χ0) is 19.1. The fourth-order valence-electron chi connectivity index (χ4n) is 3.27. The summed E-state index contributed by atoms with van der Waals surface area (Å²) in [7, 11) is -3.93. The number of rotatable bonds is 4. The predicted octanol–water partition coefficient (Wildman–Crippen LogP) is 0.498. The third-order valence-corrected chi connectivity index (χ3v) is 6.65. The summed E-state index contributed by atoms with van der Waals surface area (Å²) in [5.74, 6) is 0. The topological polar surface area (TPSA) is 112 Å². The van der Waals surface area contributed by atoms with Gasteiger partial charge in [0.25, 0.3) is 5.56 Å². The van der Waals surface area contributed by atoms with Crippen LogP contribution in [0.4, 0.5) is 0 Å². The predicted molar refractivity (Wildman–Crippen MR) is 95.4 cm³/mol. The van der Waals surface area contributed by atoms with Crippen molar-refractivity contribution in [1.82, 2.24) is 13.9 Å². The quantitative estimate of drug-likeness (QED) is 0.803. The Morgan fingerprint density at radius 3 is 2.42 bits per heavy atom. The van der Waals surface area contributed by atoms with Crippen LogP contribution in [0.1, 0.15) is 30.1 Å². The standard InChI is InChI=1S/C17H21N3O5S/c1-11-3-6-14(7-4-11)26(24,25)20-13(10-21)5-8-15(20)19-9-12(2)16(22)18-17(19)23/h3-4,6-7,9,13,15,21H,5,8,10H2,1-2H3,(H,18,22,23)/t13-,15+/m0/s1. The Labute approximate surface area is 150 Å². The van der Waals surface area contributed by atoms with Gasteiger partial charge in [-0.15, -0.1) is 0 Å². The average Bonchev–Trinajstić information content (AvgIpc) is 3.03. The van der Waals surface area contributed by atoms with Gasteiger partial charge in [0.2, 0.25) is 10.0 Å². The summed E-state index contributed by atoms with van der Waals surface area (Å²) in [6.07, 6.45) is 1.34. The van der Waals surface area contributed by atoms with Gasteiger partial charge in [-0.05, 0) is 38.8 Å². The lowest BCUT2D eigenvalue weighted by atomic mass is 10.2. The van der Waals surface area contributed by atoms with E-state index in [-0.39, 0.29) is 11.5 Å². The number of benzene rings is 1. The van der Waals surface area contributed by atoms with Crippen LogP contribution in [0.3, 0.4) is 0 Å². The molecule has 1 aromatic carbocycles. The summed E-state index contributed by atoms with van der Waals surface area (Å²) >= 11 is 0. The van der Waals surface area contributed by atoms with Crippen molar-refractivity contribution in [3.63, 3.8) is 0 Å². The molecule has 2 N–H and O–H groups in total. The second-order valence-corrected chi connectivity index (χ2v) is 8.36. The van der Waals surface area contributed by atoms with Crippen LogP contribution in [0.2, 0.25) is 0 Å². The molecule has 1 fully saturated rings. The van der Waals surface area contributed by atoms with Crippen LogP contribution >= 0.6 is 0 Å². The van der Waals surface area contributed by atoms with Gasteiger partial charge in [-0.1, -0.05) is 17.7 Å². The van der Waals surface area contributed by atoms with E-state index < -0.39 is 33.5 Å². The van der Waals surface area contributed by atoms with E-state index in [0.29, 0.717) is 18.4 Å². The summed E-state index contributed by atoms with van der Waals surface area (Å²) in [5, 5.41) is 9.67. The number of hydrogen-bond acceptors (Lipinski definition) is 5. The van der Waals surface area contributed by atoms with E-state index in [4.69, 9.17) is 0 Å². The van der Waals surface area contributed by atoms with E-state index in [2.05, 4.69) is 4.98 Å². The van der Waals surface area contributed by atoms with Crippen LogP contribution < -0.4 is 11.2 Å². The average molecular weight is 379 g/mol. The molecule has 0 amide bonds. The van der Waals surface area contributed by atoms with Crippen molar-refractivity contribution in [1.29, 1.82) is 0 Å². The van der Waals surface area contributed by atoms with Crippen LogP contribution in [0, 0.1) is 13.8 Å². The summed E-state index contributed by atoms with van der Waals surface area (Å²) in [6.45, 7) is 3.05. The summed E-state index contributed by atoms with van der Waals surface area (Å²) < 4.78 is 28.8. The summed E-state index contributed by atoms with van der Waals surface area (Å²) in [4.78, 5) is 26.2. The Morgan fingerprint density at radius 2 is 1.81 bits per heavy atom. The van der Waals surface area contributed by atoms with Crippen LogP contribution in [0.25, 0.3) is 0 Å². The lowest BCUT2D eigenvalue weighted by Gasteiger charge is -2.29. The van der Waals surface area contributed by atoms with Crippen molar-refractivity contribution in [3.8, 4) is 0 Å². The zero-order valence-electron chi connectivity index (χ0n) is 14.5. The van der Waals surface area contributed by atoms with E-state index >= 15 is 0 Å². The van der Waals surface area contributed by atoms with Crippen LogP contribution in [0.5, 0.6) is 0 Å². The van der Waals surface area contributed by atoms with E-state index in [9.17, 15) is 23.1 Å². The van der Waals surface area contributed by atoms with Crippen molar-refractivity contribution >= 4 is 10.0 Å². The number of aromatic amines is 1. The molecule has 140 valence electrons. The Hall–Kier alpha value is -2.23. The lowest BCUT2D eigenvalue weighted by molar-refractivity contribution is 0.175. The first kappa shape index (κ1) is 18.6. The summed E-state index contributed by atoms with van der Waals surface area (Å²) in [6, 6.07) is 5.78. The van der Waals surface area contributed by atoms with Crippen molar-refractivity contribution in [2.24, 2.45) is 0 Å². The van der Waals surface area contributed by atoms with Gasteiger partial charge in [-0.25, -0.2) is 13.2 Å². The second kappa shape index (κ2) is 6.82. The molecule has 2 atom stereocenters. The first-order chi connectivity index (χ1) is 12.3. The molecule has 0 unspecified atom stereocenters. The minimum Gasteiger partial charge on any atom is -0.395 e. The SMILES string of the molecule is Cc1ccc(S(=O)(=O)N2[C@H](CO)CC[C@@H]2n2cc(C)c(=O)[nH]c2=O)cc1. The number of nitrogens with one attached hydrogen (secondary N) is 1. The first-order valence-corrected chi connectivity index (χ1v) is 9.73. The molecule has 26 heavy (non-hydrogen) atoms. The van der Waals surface area contributed by atoms with Gasteiger partial charge in [-0.2, -0.15) is 4.31 Å². The highest BCUT2D eigenvalue weighted by Crippen LogP contribution is 2.36. The van der Waals surface area contributed by atoms with Gasteiger partial charge >= 0.3 is 5.69 Å². The molecular formula is C17H21N3O5S. The Kier molecular flexibility index (Phi) is 4.87. The minimum atomic E-state index is -3.93.